The molecule has 1 aliphatic heterocycles. The number of anilines is 1. The number of nitrogens with zero attached hydrogens (tertiary/aromatic N) is 5. The monoisotopic (exact) mass is 376 g/mol. The van der Waals surface area contributed by atoms with Gasteiger partial charge in [0.25, 0.3) is 5.91 Å². The van der Waals surface area contributed by atoms with E-state index in [2.05, 4.69) is 25.4 Å². The zero-order valence-corrected chi connectivity index (χ0v) is 15.3. The first-order valence-electron chi connectivity index (χ1n) is 9.54. The van der Waals surface area contributed by atoms with Crippen molar-refractivity contribution in [1.29, 1.82) is 0 Å². The highest BCUT2D eigenvalue weighted by Gasteiger charge is 2.30. The van der Waals surface area contributed by atoms with Crippen LogP contribution in [-0.4, -0.2) is 50.0 Å². The summed E-state index contributed by atoms with van der Waals surface area (Å²) in [4.78, 5) is 27.6. The van der Waals surface area contributed by atoms with E-state index in [0.717, 1.165) is 37.2 Å². The number of hydrogen-bond donors (Lipinski definition) is 1. The van der Waals surface area contributed by atoms with Crippen LogP contribution in [0.2, 0.25) is 0 Å². The number of aryl methyl sites for hydroxylation is 1. The van der Waals surface area contributed by atoms with E-state index in [1.807, 2.05) is 18.2 Å². The van der Waals surface area contributed by atoms with E-state index >= 15 is 0 Å². The van der Waals surface area contributed by atoms with Gasteiger partial charge in [0.2, 0.25) is 5.76 Å². The van der Waals surface area contributed by atoms with Crippen LogP contribution in [0.4, 0.5) is 5.82 Å². The molecule has 142 valence electrons. The van der Waals surface area contributed by atoms with E-state index in [1.165, 1.54) is 5.56 Å². The second-order valence-electron chi connectivity index (χ2n) is 7.17. The van der Waals surface area contributed by atoms with Crippen LogP contribution in [0.3, 0.4) is 0 Å². The fraction of sp³-hybridized carbons (Fsp3) is 0.350. The van der Waals surface area contributed by atoms with Crippen molar-refractivity contribution in [2.45, 2.75) is 31.7 Å². The lowest BCUT2D eigenvalue weighted by atomic mass is 10.2. The molecular weight excluding hydrogens is 356 g/mol. The number of likely N-dealkylation sites (tertiary alicyclic amines) is 1. The van der Waals surface area contributed by atoms with E-state index in [0.29, 0.717) is 24.5 Å². The Morgan fingerprint density at radius 3 is 3.04 bits per heavy atom. The fourth-order valence-corrected chi connectivity index (χ4v) is 3.91. The van der Waals surface area contributed by atoms with Crippen LogP contribution in [0.5, 0.6) is 0 Å². The molecule has 2 aliphatic rings. The molecule has 1 saturated heterocycles. The Kier molecular flexibility index (Phi) is 4.23. The maximum Gasteiger partial charge on any atom is 0.292 e. The van der Waals surface area contributed by atoms with Gasteiger partial charge in [-0.2, -0.15) is 0 Å². The van der Waals surface area contributed by atoms with Gasteiger partial charge in [-0.3, -0.25) is 9.78 Å². The molecule has 8 heteroatoms. The van der Waals surface area contributed by atoms with Gasteiger partial charge in [0.05, 0.1) is 5.69 Å². The smallest absolute Gasteiger partial charge is 0.292 e. The van der Waals surface area contributed by atoms with Crippen molar-refractivity contribution in [3.8, 4) is 11.4 Å². The number of fused-ring (bicyclic) bond motifs is 1. The first-order valence-corrected chi connectivity index (χ1v) is 9.54. The number of pyridine rings is 1. The minimum Gasteiger partial charge on any atom is -0.365 e. The van der Waals surface area contributed by atoms with Crippen molar-refractivity contribution in [3.05, 3.63) is 53.8 Å². The number of nitrogens with one attached hydrogen (secondary N) is 1. The lowest BCUT2D eigenvalue weighted by Crippen LogP contribution is -2.31. The minimum atomic E-state index is -0.146. The maximum absolute atomic E-state index is 12.8. The summed E-state index contributed by atoms with van der Waals surface area (Å²) in [6.07, 6.45) is 7.34. The maximum atomic E-state index is 12.8. The minimum absolute atomic E-state index is 0.146. The number of carbonyl (C=O) groups excluding carboxylic acids is 1. The predicted molar refractivity (Wildman–Crippen MR) is 102 cm³/mol. The molecule has 1 aliphatic carbocycles. The molecular formula is C20H20N6O2. The average molecular weight is 376 g/mol. The fourth-order valence-electron chi connectivity index (χ4n) is 3.91. The number of aromatic nitrogens is 4. The third kappa shape index (κ3) is 3.11. The van der Waals surface area contributed by atoms with Crippen LogP contribution in [0.25, 0.3) is 11.4 Å². The highest BCUT2D eigenvalue weighted by atomic mass is 16.5. The molecule has 5 rings (SSSR count). The van der Waals surface area contributed by atoms with Crippen LogP contribution >= 0.6 is 0 Å². The number of hydrogen-bond acceptors (Lipinski definition) is 7. The molecule has 1 N–H and O–H groups in total. The lowest BCUT2D eigenvalue weighted by Gasteiger charge is -2.17. The summed E-state index contributed by atoms with van der Waals surface area (Å²) < 4.78 is 5.29. The van der Waals surface area contributed by atoms with Gasteiger partial charge in [-0.25, -0.2) is 9.97 Å². The van der Waals surface area contributed by atoms with Crippen molar-refractivity contribution in [3.63, 3.8) is 0 Å². The van der Waals surface area contributed by atoms with E-state index < -0.39 is 0 Å². The Morgan fingerprint density at radius 2 is 2.14 bits per heavy atom. The van der Waals surface area contributed by atoms with Gasteiger partial charge in [-0.05, 0) is 37.8 Å². The van der Waals surface area contributed by atoms with Crippen molar-refractivity contribution < 1.29 is 9.32 Å². The highest BCUT2D eigenvalue weighted by Crippen LogP contribution is 2.27. The summed E-state index contributed by atoms with van der Waals surface area (Å²) in [5.41, 5.74) is 3.62. The molecule has 3 aromatic heterocycles. The summed E-state index contributed by atoms with van der Waals surface area (Å²) in [5.74, 6) is 1.01. The quantitative estimate of drug-likeness (QED) is 0.746. The molecule has 0 spiro atoms. The molecule has 1 amide bonds. The second kappa shape index (κ2) is 7.03. The van der Waals surface area contributed by atoms with Crippen LogP contribution in [-0.2, 0) is 12.8 Å². The summed E-state index contributed by atoms with van der Waals surface area (Å²) in [6, 6.07) is 7.37. The van der Waals surface area contributed by atoms with Gasteiger partial charge in [0, 0.05) is 42.7 Å². The van der Waals surface area contributed by atoms with Crippen LogP contribution in [0.15, 0.2) is 41.3 Å². The van der Waals surface area contributed by atoms with Crippen LogP contribution < -0.4 is 5.32 Å². The van der Waals surface area contributed by atoms with Crippen molar-refractivity contribution in [1.82, 2.24) is 25.0 Å². The van der Waals surface area contributed by atoms with Gasteiger partial charge in [-0.15, -0.1) is 0 Å². The van der Waals surface area contributed by atoms with E-state index in [4.69, 9.17) is 4.52 Å². The molecule has 0 saturated carbocycles. The van der Waals surface area contributed by atoms with E-state index in [9.17, 15) is 4.79 Å². The average Bonchev–Trinajstić information content (AvgIpc) is 3.48. The van der Waals surface area contributed by atoms with Gasteiger partial charge in [0.1, 0.15) is 17.8 Å². The van der Waals surface area contributed by atoms with Crippen LogP contribution in [0, 0.1) is 0 Å². The molecule has 28 heavy (non-hydrogen) atoms. The Balaban J connectivity index is 1.26. The molecule has 4 heterocycles. The van der Waals surface area contributed by atoms with Gasteiger partial charge in [0.15, 0.2) is 0 Å². The topological polar surface area (TPSA) is 97.0 Å². The van der Waals surface area contributed by atoms with Crippen molar-refractivity contribution in [2.24, 2.45) is 0 Å². The molecule has 1 fully saturated rings. The first kappa shape index (κ1) is 16.9. The van der Waals surface area contributed by atoms with Gasteiger partial charge < -0.3 is 14.7 Å². The zero-order chi connectivity index (χ0) is 18.9. The second-order valence-corrected chi connectivity index (χ2v) is 7.17. The summed E-state index contributed by atoms with van der Waals surface area (Å²) in [5, 5.41) is 7.49. The highest BCUT2D eigenvalue weighted by molar-refractivity contribution is 5.92. The summed E-state index contributed by atoms with van der Waals surface area (Å²) in [7, 11) is 0. The third-order valence-electron chi connectivity index (χ3n) is 5.34. The third-order valence-corrected chi connectivity index (χ3v) is 5.34. The standard InChI is InChI=1S/C20H20N6O2/c27-20(18-10-17(25-28-18)16-5-1-2-8-21-16)26-9-7-13(11-26)24-19-14-4-3-6-15(14)22-12-23-19/h1-2,5,8,10,12-13H,3-4,6-7,9,11H2,(H,22,23,24). The molecule has 8 nitrogen and oxygen atoms in total. The first-order chi connectivity index (χ1) is 13.8. The van der Waals surface area contributed by atoms with Crippen molar-refractivity contribution in [2.75, 3.05) is 18.4 Å². The van der Waals surface area contributed by atoms with E-state index in [1.54, 1.807) is 23.5 Å². The lowest BCUT2D eigenvalue weighted by molar-refractivity contribution is 0.0750. The normalized spacial score (nSPS) is 18.3. The predicted octanol–water partition coefficient (Wildman–Crippen LogP) is 2.34. The van der Waals surface area contributed by atoms with Crippen LogP contribution in [0.1, 0.15) is 34.7 Å². The van der Waals surface area contributed by atoms with Gasteiger partial charge in [-0.1, -0.05) is 11.2 Å². The molecule has 0 aromatic carbocycles. The number of rotatable bonds is 4. The van der Waals surface area contributed by atoms with Crippen molar-refractivity contribution >= 4 is 11.7 Å². The molecule has 3 aromatic rings. The Labute approximate surface area is 162 Å². The number of carbonyl (C=O) groups is 1. The summed E-state index contributed by atoms with van der Waals surface area (Å²) >= 11 is 0. The largest absolute Gasteiger partial charge is 0.365 e. The molecule has 1 unspecified atom stereocenters. The Morgan fingerprint density at radius 1 is 1.18 bits per heavy atom. The van der Waals surface area contributed by atoms with Gasteiger partial charge >= 0.3 is 0 Å². The molecule has 0 radical (unpaired) electrons. The Bertz CT molecular complexity index is 1000. The zero-order valence-electron chi connectivity index (χ0n) is 15.3. The molecule has 1 atom stereocenters. The van der Waals surface area contributed by atoms with E-state index in [-0.39, 0.29) is 17.7 Å². The summed E-state index contributed by atoms with van der Waals surface area (Å²) in [6.45, 7) is 1.28. The SMILES string of the molecule is O=C(c1cc(-c2ccccn2)no1)N1CCC(Nc2ncnc3c2CCC3)C1. The Hall–Kier alpha value is -3.29. The molecule has 0 bridgehead atoms. The number of amides is 1.